The summed E-state index contributed by atoms with van der Waals surface area (Å²) in [5, 5.41) is 2.80. The lowest BCUT2D eigenvalue weighted by molar-refractivity contribution is 0.663. The fraction of sp³-hybridized carbons (Fsp3) is 0.467. The number of H-pyrrole nitrogens is 1. The predicted octanol–water partition coefficient (Wildman–Crippen LogP) is 4.60. The molecule has 1 nitrogen and oxygen atoms in total. The van der Waals surface area contributed by atoms with Crippen LogP contribution >= 0.6 is 0 Å². The molecule has 1 aromatic heterocycles. The Bertz CT molecular complexity index is 453. The van der Waals surface area contributed by atoms with Crippen molar-refractivity contribution < 1.29 is 0 Å². The Morgan fingerprint density at radius 2 is 1.75 bits per heavy atom. The molecule has 0 unspecified atom stereocenters. The van der Waals surface area contributed by atoms with Crippen molar-refractivity contribution in [2.45, 2.75) is 46.0 Å². The van der Waals surface area contributed by atoms with Crippen molar-refractivity contribution in [3.05, 3.63) is 35.7 Å². The molecule has 16 heavy (non-hydrogen) atoms. The Balaban J connectivity index is 2.12. The molecule has 0 radical (unpaired) electrons. The molecule has 0 bridgehead atoms. The summed E-state index contributed by atoms with van der Waals surface area (Å²) >= 11 is 0. The zero-order chi connectivity index (χ0) is 11.4. The summed E-state index contributed by atoms with van der Waals surface area (Å²) in [6.07, 6.45) is 6.51. The van der Waals surface area contributed by atoms with Crippen molar-refractivity contribution in [1.29, 1.82) is 0 Å². The van der Waals surface area contributed by atoms with Crippen LogP contribution in [0.2, 0.25) is 0 Å². The number of hydrogen-bond donors (Lipinski definition) is 1. The molecule has 2 aromatic rings. The number of unbranched alkanes of at least 4 members (excludes halogenated alkanes) is 3. The average molecular weight is 215 g/mol. The molecule has 0 aliphatic rings. The number of aryl methyl sites for hydroxylation is 2. The Labute approximate surface area is 97.9 Å². The van der Waals surface area contributed by atoms with Gasteiger partial charge in [-0.25, -0.2) is 0 Å². The summed E-state index contributed by atoms with van der Waals surface area (Å²) in [5.41, 5.74) is 2.73. The molecule has 0 aliphatic carbocycles. The monoisotopic (exact) mass is 215 g/mol. The zero-order valence-electron chi connectivity index (χ0n) is 10.3. The van der Waals surface area contributed by atoms with Crippen LogP contribution in [-0.2, 0) is 6.42 Å². The number of benzene rings is 1. The molecule has 1 N–H and O–H groups in total. The number of aromatic nitrogens is 1. The number of rotatable bonds is 5. The zero-order valence-corrected chi connectivity index (χ0v) is 10.3. The molecule has 1 heterocycles. The van der Waals surface area contributed by atoms with Crippen LogP contribution in [0.1, 0.15) is 44.0 Å². The average Bonchev–Trinajstić information content (AvgIpc) is 2.63. The number of hydrogen-bond acceptors (Lipinski definition) is 0. The van der Waals surface area contributed by atoms with E-state index in [1.807, 2.05) is 0 Å². The van der Waals surface area contributed by atoms with E-state index < -0.39 is 0 Å². The van der Waals surface area contributed by atoms with Gasteiger partial charge in [0.25, 0.3) is 0 Å². The summed E-state index contributed by atoms with van der Waals surface area (Å²) in [7, 11) is 0. The van der Waals surface area contributed by atoms with Crippen molar-refractivity contribution in [3.63, 3.8) is 0 Å². The molecule has 0 atom stereocenters. The Morgan fingerprint density at radius 3 is 2.50 bits per heavy atom. The second-order valence-corrected chi connectivity index (χ2v) is 4.58. The van der Waals surface area contributed by atoms with Gasteiger partial charge in [-0.2, -0.15) is 0 Å². The minimum Gasteiger partial charge on any atom is -0.361 e. The molecule has 0 fully saturated rings. The smallest absolute Gasteiger partial charge is 0.0228 e. The van der Waals surface area contributed by atoms with Gasteiger partial charge in [0.2, 0.25) is 0 Å². The third kappa shape index (κ3) is 2.29. The molecular formula is C15H21N. The normalized spacial score (nSPS) is 11.1. The van der Waals surface area contributed by atoms with Gasteiger partial charge in [0.05, 0.1) is 0 Å². The number of aromatic amines is 1. The van der Waals surface area contributed by atoms with E-state index in [1.54, 1.807) is 0 Å². The maximum Gasteiger partial charge on any atom is 0.0228 e. The fourth-order valence-corrected chi connectivity index (χ4v) is 2.36. The van der Waals surface area contributed by atoms with Gasteiger partial charge in [-0.15, -0.1) is 0 Å². The van der Waals surface area contributed by atoms with Crippen LogP contribution in [0.4, 0.5) is 0 Å². The van der Waals surface area contributed by atoms with Gasteiger partial charge in [0.15, 0.2) is 0 Å². The van der Waals surface area contributed by atoms with E-state index in [9.17, 15) is 0 Å². The highest BCUT2D eigenvalue weighted by atomic mass is 14.7. The van der Waals surface area contributed by atoms with Crippen molar-refractivity contribution >= 4 is 10.8 Å². The third-order valence-corrected chi connectivity index (χ3v) is 3.27. The first-order valence-electron chi connectivity index (χ1n) is 6.39. The summed E-state index contributed by atoms with van der Waals surface area (Å²) < 4.78 is 0. The predicted molar refractivity (Wildman–Crippen MR) is 70.9 cm³/mol. The van der Waals surface area contributed by atoms with Crippen molar-refractivity contribution in [1.82, 2.24) is 4.98 Å². The van der Waals surface area contributed by atoms with Crippen molar-refractivity contribution in [2.24, 2.45) is 0 Å². The lowest BCUT2D eigenvalue weighted by Gasteiger charge is -1.99. The van der Waals surface area contributed by atoms with Crippen molar-refractivity contribution in [2.75, 3.05) is 0 Å². The SMILES string of the molecule is CCCCCCc1[nH]c(C)c2ccccc12. The van der Waals surface area contributed by atoms with Crippen LogP contribution in [-0.4, -0.2) is 4.98 Å². The van der Waals surface area contributed by atoms with Crippen LogP contribution in [0, 0.1) is 6.92 Å². The van der Waals surface area contributed by atoms with Crippen LogP contribution in [0.25, 0.3) is 10.8 Å². The highest BCUT2D eigenvalue weighted by Gasteiger charge is 2.05. The molecule has 0 saturated heterocycles. The summed E-state index contributed by atoms with van der Waals surface area (Å²) in [4.78, 5) is 3.53. The molecule has 1 aromatic carbocycles. The molecule has 1 heteroatoms. The van der Waals surface area contributed by atoms with E-state index in [1.165, 1.54) is 54.3 Å². The Morgan fingerprint density at radius 1 is 1.00 bits per heavy atom. The topological polar surface area (TPSA) is 15.8 Å². The standard InChI is InChI=1S/C15H21N/c1-3-4-5-6-11-15-14-10-8-7-9-13(14)12(2)16-15/h7-10,16H,3-6,11H2,1-2H3. The van der Waals surface area contributed by atoms with E-state index in [0.717, 1.165) is 0 Å². The molecule has 86 valence electrons. The van der Waals surface area contributed by atoms with E-state index in [-0.39, 0.29) is 0 Å². The van der Waals surface area contributed by atoms with Gasteiger partial charge in [0, 0.05) is 22.2 Å². The maximum atomic E-state index is 3.53. The maximum absolute atomic E-state index is 3.53. The molecule has 2 rings (SSSR count). The Kier molecular flexibility index (Phi) is 3.66. The largest absolute Gasteiger partial charge is 0.361 e. The Hall–Kier alpha value is -1.24. The molecule has 0 amide bonds. The molecular weight excluding hydrogens is 194 g/mol. The second-order valence-electron chi connectivity index (χ2n) is 4.58. The van der Waals surface area contributed by atoms with Gasteiger partial charge in [-0.05, 0) is 19.8 Å². The minimum absolute atomic E-state index is 1.19. The first kappa shape index (κ1) is 11.3. The van der Waals surface area contributed by atoms with Gasteiger partial charge >= 0.3 is 0 Å². The van der Waals surface area contributed by atoms with Crippen LogP contribution in [0.15, 0.2) is 24.3 Å². The fourth-order valence-electron chi connectivity index (χ4n) is 2.36. The van der Waals surface area contributed by atoms with Gasteiger partial charge in [-0.3, -0.25) is 0 Å². The minimum atomic E-state index is 1.19. The first-order valence-corrected chi connectivity index (χ1v) is 6.39. The summed E-state index contributed by atoms with van der Waals surface area (Å²) in [5.74, 6) is 0. The van der Waals surface area contributed by atoms with Crippen LogP contribution in [0.3, 0.4) is 0 Å². The molecule has 0 spiro atoms. The number of nitrogens with one attached hydrogen (secondary N) is 1. The van der Waals surface area contributed by atoms with Gasteiger partial charge < -0.3 is 4.98 Å². The van der Waals surface area contributed by atoms with Crippen LogP contribution in [0.5, 0.6) is 0 Å². The highest BCUT2D eigenvalue weighted by Crippen LogP contribution is 2.23. The van der Waals surface area contributed by atoms with E-state index in [4.69, 9.17) is 0 Å². The number of fused-ring (bicyclic) bond motifs is 1. The lowest BCUT2D eigenvalue weighted by atomic mass is 10.1. The van der Waals surface area contributed by atoms with E-state index in [2.05, 4.69) is 43.1 Å². The third-order valence-electron chi connectivity index (χ3n) is 3.27. The summed E-state index contributed by atoms with van der Waals surface area (Å²) in [6.45, 7) is 4.42. The van der Waals surface area contributed by atoms with E-state index >= 15 is 0 Å². The van der Waals surface area contributed by atoms with E-state index in [0.29, 0.717) is 0 Å². The molecule has 0 aliphatic heterocycles. The van der Waals surface area contributed by atoms with Crippen LogP contribution < -0.4 is 0 Å². The highest BCUT2D eigenvalue weighted by molar-refractivity contribution is 5.87. The summed E-state index contributed by atoms with van der Waals surface area (Å²) in [6, 6.07) is 8.68. The first-order chi connectivity index (χ1) is 7.83. The molecule has 0 saturated carbocycles. The quantitative estimate of drug-likeness (QED) is 0.702. The second kappa shape index (κ2) is 5.20. The van der Waals surface area contributed by atoms with Crippen molar-refractivity contribution in [3.8, 4) is 0 Å². The van der Waals surface area contributed by atoms with Gasteiger partial charge in [-0.1, -0.05) is 50.5 Å². The van der Waals surface area contributed by atoms with Gasteiger partial charge in [0.1, 0.15) is 0 Å². The lowest BCUT2D eigenvalue weighted by Crippen LogP contribution is -1.86.